The van der Waals surface area contributed by atoms with Crippen molar-refractivity contribution in [1.82, 2.24) is 19.7 Å². The van der Waals surface area contributed by atoms with E-state index in [1.807, 2.05) is 15.6 Å². The van der Waals surface area contributed by atoms with Crippen LogP contribution in [-0.4, -0.2) is 58.4 Å². The number of anilines is 1. The molecule has 2 aliphatic rings. The smallest absolute Gasteiger partial charge is 0.274 e. The number of rotatable bonds is 2. The van der Waals surface area contributed by atoms with E-state index in [-0.39, 0.29) is 11.7 Å². The molecule has 0 atom stereocenters. The van der Waals surface area contributed by atoms with Crippen LogP contribution >= 0.6 is 0 Å². The summed E-state index contributed by atoms with van der Waals surface area (Å²) in [5.41, 5.74) is 1.35. The van der Waals surface area contributed by atoms with Crippen molar-refractivity contribution >= 4 is 11.7 Å². The zero-order valence-corrected chi connectivity index (χ0v) is 13.9. The number of carbonyl (C=O) groups is 1. The van der Waals surface area contributed by atoms with Crippen LogP contribution in [0.4, 0.5) is 10.2 Å². The van der Waals surface area contributed by atoms with Gasteiger partial charge < -0.3 is 14.5 Å². The topological polar surface area (TPSA) is 63.5 Å². The van der Waals surface area contributed by atoms with E-state index in [0.717, 1.165) is 12.1 Å². The molecule has 25 heavy (non-hydrogen) atoms. The summed E-state index contributed by atoms with van der Waals surface area (Å²) in [5.74, 6) is -0.0577. The molecule has 4 rings (SSSR count). The first-order valence-corrected chi connectivity index (χ1v) is 8.51. The molecule has 4 heterocycles. The zero-order chi connectivity index (χ0) is 17.2. The summed E-state index contributed by atoms with van der Waals surface area (Å²) in [7, 11) is 0. The molecule has 0 aliphatic carbocycles. The van der Waals surface area contributed by atoms with Crippen molar-refractivity contribution in [2.24, 2.45) is 0 Å². The molecule has 132 valence electrons. The van der Waals surface area contributed by atoms with E-state index in [0.29, 0.717) is 57.4 Å². The number of aromatic nitrogens is 3. The Morgan fingerprint density at radius 2 is 2.04 bits per heavy atom. The third-order valence-corrected chi connectivity index (χ3v) is 4.57. The lowest BCUT2D eigenvalue weighted by atomic mass is 10.3. The first kappa shape index (κ1) is 16.0. The van der Waals surface area contributed by atoms with Gasteiger partial charge in [0.15, 0.2) is 17.3 Å². The van der Waals surface area contributed by atoms with E-state index in [9.17, 15) is 9.18 Å². The van der Waals surface area contributed by atoms with E-state index < -0.39 is 0 Å². The van der Waals surface area contributed by atoms with E-state index in [1.54, 1.807) is 17.2 Å². The number of aryl methyl sites for hydroxylation is 1. The Morgan fingerprint density at radius 1 is 1.20 bits per heavy atom. The molecular weight excluding hydrogens is 325 g/mol. The number of pyridine rings is 1. The lowest BCUT2D eigenvalue weighted by Crippen LogP contribution is -2.40. The summed E-state index contributed by atoms with van der Waals surface area (Å²) in [6.45, 7) is 4.19. The number of fused-ring (bicyclic) bond motifs is 1. The fraction of sp³-hybridized carbons (Fsp3) is 0.471. The van der Waals surface area contributed by atoms with Crippen LogP contribution in [-0.2, 0) is 17.8 Å². The van der Waals surface area contributed by atoms with Crippen LogP contribution in [0.15, 0.2) is 24.4 Å². The first-order valence-electron chi connectivity index (χ1n) is 8.51. The average Bonchev–Trinajstić information content (AvgIpc) is 2.94. The van der Waals surface area contributed by atoms with Gasteiger partial charge in [-0.1, -0.05) is 0 Å². The highest BCUT2D eigenvalue weighted by Crippen LogP contribution is 2.22. The third kappa shape index (κ3) is 3.21. The van der Waals surface area contributed by atoms with Crippen molar-refractivity contribution in [2.45, 2.75) is 19.5 Å². The number of ether oxygens (including phenoxy) is 1. The van der Waals surface area contributed by atoms with Gasteiger partial charge in [-0.25, -0.2) is 9.37 Å². The standard InChI is InChI=1S/C17H20FN5O2/c18-14-3-1-4-19-16(14)22-5-2-6-23-13(12-22)11-15(20-23)17(24)21-7-9-25-10-8-21/h1,3-4,11H,2,5-10,12H2. The molecule has 0 unspecified atom stereocenters. The third-order valence-electron chi connectivity index (χ3n) is 4.57. The fourth-order valence-corrected chi connectivity index (χ4v) is 3.29. The van der Waals surface area contributed by atoms with Crippen LogP contribution in [0.25, 0.3) is 0 Å². The minimum absolute atomic E-state index is 0.0700. The first-order chi connectivity index (χ1) is 12.2. The predicted octanol–water partition coefficient (Wildman–Crippen LogP) is 1.30. The number of halogens is 1. The molecule has 0 aromatic carbocycles. The van der Waals surface area contributed by atoms with Crippen molar-refractivity contribution in [3.05, 3.63) is 41.6 Å². The predicted molar refractivity (Wildman–Crippen MR) is 88.8 cm³/mol. The Labute approximate surface area is 145 Å². The molecule has 1 saturated heterocycles. The second-order valence-corrected chi connectivity index (χ2v) is 6.23. The van der Waals surface area contributed by atoms with Gasteiger partial charge in [0, 0.05) is 32.4 Å². The van der Waals surface area contributed by atoms with E-state index in [2.05, 4.69) is 10.1 Å². The molecule has 1 fully saturated rings. The zero-order valence-electron chi connectivity index (χ0n) is 13.9. The fourth-order valence-electron chi connectivity index (χ4n) is 3.29. The number of hydrogen-bond donors (Lipinski definition) is 0. The lowest BCUT2D eigenvalue weighted by Gasteiger charge is -2.26. The Kier molecular flexibility index (Phi) is 4.35. The number of nitrogens with zero attached hydrogens (tertiary/aromatic N) is 5. The molecule has 2 aromatic heterocycles. The SMILES string of the molecule is O=C(c1cc2n(n1)CCCN(c1ncccc1F)C2)N1CCOCC1. The molecular formula is C17H20FN5O2. The van der Waals surface area contributed by atoms with Gasteiger partial charge >= 0.3 is 0 Å². The van der Waals surface area contributed by atoms with Crippen molar-refractivity contribution in [3.8, 4) is 0 Å². The molecule has 0 N–H and O–H groups in total. The largest absolute Gasteiger partial charge is 0.378 e. The summed E-state index contributed by atoms with van der Waals surface area (Å²) in [4.78, 5) is 20.4. The molecule has 2 aromatic rings. The maximum atomic E-state index is 14.1. The lowest BCUT2D eigenvalue weighted by molar-refractivity contribution is 0.0298. The normalized spacial score (nSPS) is 18.0. The molecule has 2 aliphatic heterocycles. The van der Waals surface area contributed by atoms with Crippen LogP contribution in [0.5, 0.6) is 0 Å². The quantitative estimate of drug-likeness (QED) is 0.821. The minimum Gasteiger partial charge on any atom is -0.378 e. The highest BCUT2D eigenvalue weighted by Gasteiger charge is 2.25. The Bertz CT molecular complexity index is 772. The Hall–Kier alpha value is -2.48. The van der Waals surface area contributed by atoms with Crippen LogP contribution in [0.2, 0.25) is 0 Å². The van der Waals surface area contributed by atoms with E-state index in [4.69, 9.17) is 4.74 Å². The van der Waals surface area contributed by atoms with Crippen molar-refractivity contribution < 1.29 is 13.9 Å². The molecule has 0 saturated carbocycles. The monoisotopic (exact) mass is 345 g/mol. The van der Waals surface area contributed by atoms with Crippen molar-refractivity contribution in [1.29, 1.82) is 0 Å². The molecule has 8 heteroatoms. The maximum Gasteiger partial charge on any atom is 0.274 e. The van der Waals surface area contributed by atoms with Gasteiger partial charge in [0.2, 0.25) is 0 Å². The average molecular weight is 345 g/mol. The highest BCUT2D eigenvalue weighted by molar-refractivity contribution is 5.92. The minimum atomic E-state index is -0.333. The Balaban J connectivity index is 1.56. The van der Waals surface area contributed by atoms with Gasteiger partial charge in [0.05, 0.1) is 25.5 Å². The second kappa shape index (κ2) is 6.79. The van der Waals surface area contributed by atoms with E-state index in [1.165, 1.54) is 6.07 Å². The summed E-state index contributed by atoms with van der Waals surface area (Å²) in [6.07, 6.45) is 2.41. The molecule has 0 spiro atoms. The van der Waals surface area contributed by atoms with Gasteiger partial charge in [-0.2, -0.15) is 5.10 Å². The van der Waals surface area contributed by atoms with Crippen LogP contribution in [0.3, 0.4) is 0 Å². The number of carbonyl (C=O) groups excluding carboxylic acids is 1. The molecule has 0 radical (unpaired) electrons. The van der Waals surface area contributed by atoms with E-state index >= 15 is 0 Å². The Morgan fingerprint density at radius 3 is 2.84 bits per heavy atom. The molecule has 1 amide bonds. The summed E-state index contributed by atoms with van der Waals surface area (Å²) < 4.78 is 21.2. The number of morpholine rings is 1. The second-order valence-electron chi connectivity index (χ2n) is 6.23. The van der Waals surface area contributed by atoms with Crippen molar-refractivity contribution in [3.63, 3.8) is 0 Å². The summed E-state index contributed by atoms with van der Waals surface area (Å²) >= 11 is 0. The van der Waals surface area contributed by atoms with Crippen LogP contribution in [0, 0.1) is 5.82 Å². The van der Waals surface area contributed by atoms with Gasteiger partial charge in [0.25, 0.3) is 5.91 Å². The van der Waals surface area contributed by atoms with Crippen molar-refractivity contribution in [2.75, 3.05) is 37.7 Å². The van der Waals surface area contributed by atoms with Gasteiger partial charge in [0.1, 0.15) is 0 Å². The number of hydrogen-bond acceptors (Lipinski definition) is 5. The van der Waals surface area contributed by atoms with Gasteiger partial charge in [-0.15, -0.1) is 0 Å². The molecule has 7 nitrogen and oxygen atoms in total. The van der Waals surface area contributed by atoms with Gasteiger partial charge in [-0.3, -0.25) is 9.48 Å². The van der Waals surface area contributed by atoms with Crippen LogP contribution in [0.1, 0.15) is 22.6 Å². The summed E-state index contributed by atoms with van der Waals surface area (Å²) in [5, 5.41) is 4.48. The van der Waals surface area contributed by atoms with Crippen LogP contribution < -0.4 is 4.90 Å². The summed E-state index contributed by atoms with van der Waals surface area (Å²) in [6, 6.07) is 4.81. The molecule has 0 bridgehead atoms. The van der Waals surface area contributed by atoms with Gasteiger partial charge in [-0.05, 0) is 24.6 Å². The maximum absolute atomic E-state index is 14.1. The number of amides is 1. The highest BCUT2D eigenvalue weighted by atomic mass is 19.1.